The molecule has 1 aromatic heterocycles. The molecule has 18 heavy (non-hydrogen) atoms. The van der Waals surface area contributed by atoms with Crippen LogP contribution in [-0.2, 0) is 4.74 Å². The van der Waals surface area contributed by atoms with E-state index < -0.39 is 17.9 Å². The standard InChI is InChI=1S/C11H16N2O4S/c1-11(2)13(10(15)16)7(5-17-11)3-8(14)9-4-12-6-18-9/h4,6-8,14H,3,5H2,1-2H3,(H,15,16)/t7-,8-/m0/s1. The second-order valence-electron chi connectivity index (χ2n) is 4.72. The molecule has 2 heterocycles. The smallest absolute Gasteiger partial charge is 0.409 e. The van der Waals surface area contributed by atoms with Crippen molar-refractivity contribution in [3.05, 3.63) is 16.6 Å². The molecular formula is C11H16N2O4S. The lowest BCUT2D eigenvalue weighted by atomic mass is 10.1. The summed E-state index contributed by atoms with van der Waals surface area (Å²) in [5.41, 5.74) is 0.798. The molecule has 2 rings (SSSR count). The number of carboxylic acid groups (broad SMARTS) is 1. The Bertz CT molecular complexity index is 421. The van der Waals surface area contributed by atoms with Gasteiger partial charge in [0.25, 0.3) is 0 Å². The van der Waals surface area contributed by atoms with E-state index in [0.29, 0.717) is 13.0 Å². The van der Waals surface area contributed by atoms with Gasteiger partial charge in [-0.25, -0.2) is 4.79 Å². The van der Waals surface area contributed by atoms with Gasteiger partial charge in [-0.2, -0.15) is 0 Å². The lowest BCUT2D eigenvalue weighted by molar-refractivity contribution is -0.0430. The van der Waals surface area contributed by atoms with Crippen LogP contribution < -0.4 is 0 Å². The van der Waals surface area contributed by atoms with Crippen LogP contribution in [0.1, 0.15) is 31.2 Å². The summed E-state index contributed by atoms with van der Waals surface area (Å²) in [5, 5.41) is 19.3. The van der Waals surface area contributed by atoms with Gasteiger partial charge in [-0.15, -0.1) is 11.3 Å². The van der Waals surface area contributed by atoms with Crippen molar-refractivity contribution in [1.82, 2.24) is 9.88 Å². The molecule has 1 aliphatic rings. The molecule has 7 heteroatoms. The maximum Gasteiger partial charge on any atom is 0.409 e. The van der Waals surface area contributed by atoms with Crippen molar-refractivity contribution in [1.29, 1.82) is 0 Å². The van der Waals surface area contributed by atoms with Crippen molar-refractivity contribution in [2.24, 2.45) is 0 Å². The van der Waals surface area contributed by atoms with Gasteiger partial charge in [-0.05, 0) is 13.8 Å². The fourth-order valence-corrected chi connectivity index (χ4v) is 2.83. The average Bonchev–Trinajstić information content (AvgIpc) is 2.85. The normalized spacial score (nSPS) is 24.2. The van der Waals surface area contributed by atoms with Gasteiger partial charge in [0.2, 0.25) is 0 Å². The summed E-state index contributed by atoms with van der Waals surface area (Å²) in [7, 11) is 0. The van der Waals surface area contributed by atoms with Gasteiger partial charge in [-0.3, -0.25) is 9.88 Å². The lowest BCUT2D eigenvalue weighted by Gasteiger charge is -2.31. The first-order valence-corrected chi connectivity index (χ1v) is 6.52. The molecule has 0 radical (unpaired) electrons. The molecule has 1 saturated heterocycles. The predicted molar refractivity (Wildman–Crippen MR) is 65.4 cm³/mol. The van der Waals surface area contributed by atoms with Gasteiger partial charge in [0.1, 0.15) is 5.72 Å². The van der Waals surface area contributed by atoms with Crippen molar-refractivity contribution < 1.29 is 19.7 Å². The van der Waals surface area contributed by atoms with Crippen LogP contribution in [0.25, 0.3) is 0 Å². The van der Waals surface area contributed by atoms with Gasteiger partial charge in [0.15, 0.2) is 0 Å². The molecule has 1 amide bonds. The monoisotopic (exact) mass is 272 g/mol. The first-order valence-electron chi connectivity index (χ1n) is 5.64. The van der Waals surface area contributed by atoms with Crippen LogP contribution in [0.2, 0.25) is 0 Å². The van der Waals surface area contributed by atoms with Gasteiger partial charge in [0, 0.05) is 12.6 Å². The highest BCUT2D eigenvalue weighted by Crippen LogP contribution is 2.32. The maximum absolute atomic E-state index is 11.3. The molecule has 0 bridgehead atoms. The van der Waals surface area contributed by atoms with E-state index >= 15 is 0 Å². The summed E-state index contributed by atoms with van der Waals surface area (Å²) in [6.07, 6.45) is 0.181. The Morgan fingerprint density at radius 2 is 2.50 bits per heavy atom. The number of thiazole rings is 1. The van der Waals surface area contributed by atoms with Gasteiger partial charge in [0.05, 0.1) is 29.1 Å². The van der Waals surface area contributed by atoms with E-state index in [1.165, 1.54) is 16.2 Å². The van der Waals surface area contributed by atoms with Crippen LogP contribution in [0.15, 0.2) is 11.7 Å². The molecule has 0 aromatic carbocycles. The van der Waals surface area contributed by atoms with Crippen LogP contribution in [0, 0.1) is 0 Å². The highest BCUT2D eigenvalue weighted by Gasteiger charge is 2.44. The lowest BCUT2D eigenvalue weighted by Crippen LogP contribution is -2.47. The number of carbonyl (C=O) groups is 1. The van der Waals surface area contributed by atoms with Crippen LogP contribution in [0.5, 0.6) is 0 Å². The minimum atomic E-state index is -1.03. The van der Waals surface area contributed by atoms with Crippen LogP contribution in [0.4, 0.5) is 4.79 Å². The Balaban J connectivity index is 2.07. The van der Waals surface area contributed by atoms with E-state index in [4.69, 9.17) is 4.74 Å². The Hall–Kier alpha value is -1.18. The highest BCUT2D eigenvalue weighted by molar-refractivity contribution is 7.09. The molecule has 0 unspecified atom stereocenters. The number of hydrogen-bond acceptors (Lipinski definition) is 5. The summed E-state index contributed by atoms with van der Waals surface area (Å²) >= 11 is 1.36. The molecule has 0 saturated carbocycles. The third-order valence-corrected chi connectivity index (χ3v) is 3.93. The molecular weight excluding hydrogens is 256 g/mol. The summed E-state index contributed by atoms with van der Waals surface area (Å²) in [6, 6.07) is -0.338. The number of amides is 1. The maximum atomic E-state index is 11.3. The Labute approximate surface area is 109 Å². The van der Waals surface area contributed by atoms with Crippen molar-refractivity contribution in [2.45, 2.75) is 38.1 Å². The van der Waals surface area contributed by atoms with Crippen molar-refractivity contribution in [3.8, 4) is 0 Å². The quantitative estimate of drug-likeness (QED) is 0.874. The van der Waals surface area contributed by atoms with E-state index in [0.717, 1.165) is 4.88 Å². The van der Waals surface area contributed by atoms with E-state index in [-0.39, 0.29) is 6.04 Å². The number of aliphatic hydroxyl groups excluding tert-OH is 1. The van der Waals surface area contributed by atoms with Crippen LogP contribution >= 0.6 is 11.3 Å². The van der Waals surface area contributed by atoms with E-state index in [1.807, 2.05) is 0 Å². The largest absolute Gasteiger partial charge is 0.465 e. The van der Waals surface area contributed by atoms with Crippen molar-refractivity contribution in [2.75, 3.05) is 6.61 Å². The zero-order chi connectivity index (χ0) is 13.3. The van der Waals surface area contributed by atoms with Crippen LogP contribution in [-0.4, -0.2) is 44.6 Å². The van der Waals surface area contributed by atoms with Crippen LogP contribution in [0.3, 0.4) is 0 Å². The molecule has 6 nitrogen and oxygen atoms in total. The number of hydrogen-bond donors (Lipinski definition) is 2. The molecule has 100 valence electrons. The predicted octanol–water partition coefficient (Wildman–Crippen LogP) is 1.68. The molecule has 1 fully saturated rings. The average molecular weight is 272 g/mol. The summed E-state index contributed by atoms with van der Waals surface area (Å²) in [5.74, 6) is 0. The summed E-state index contributed by atoms with van der Waals surface area (Å²) in [4.78, 5) is 17.2. The highest BCUT2D eigenvalue weighted by atomic mass is 32.1. The Kier molecular flexibility index (Phi) is 3.56. The van der Waals surface area contributed by atoms with E-state index in [9.17, 15) is 15.0 Å². The number of ether oxygens (including phenoxy) is 1. The number of rotatable bonds is 3. The van der Waals surface area contributed by atoms with Gasteiger partial charge >= 0.3 is 6.09 Å². The molecule has 0 spiro atoms. The molecule has 2 atom stereocenters. The van der Waals surface area contributed by atoms with E-state index in [1.54, 1.807) is 25.6 Å². The first kappa shape index (κ1) is 13.3. The molecule has 2 N–H and O–H groups in total. The topological polar surface area (TPSA) is 82.9 Å². The molecule has 0 aliphatic carbocycles. The van der Waals surface area contributed by atoms with Gasteiger partial charge < -0.3 is 14.9 Å². The number of aliphatic hydroxyl groups is 1. The SMILES string of the molecule is CC1(C)OC[C@H](C[C@H](O)c2cncs2)N1C(=O)O. The number of aromatic nitrogens is 1. The van der Waals surface area contributed by atoms with E-state index in [2.05, 4.69) is 4.98 Å². The zero-order valence-electron chi connectivity index (χ0n) is 10.2. The number of nitrogens with zero attached hydrogens (tertiary/aromatic N) is 2. The van der Waals surface area contributed by atoms with Crippen molar-refractivity contribution >= 4 is 17.4 Å². The summed E-state index contributed by atoms with van der Waals surface area (Å²) in [6.45, 7) is 3.72. The zero-order valence-corrected chi connectivity index (χ0v) is 11.1. The summed E-state index contributed by atoms with van der Waals surface area (Å²) < 4.78 is 5.47. The minimum Gasteiger partial charge on any atom is -0.465 e. The van der Waals surface area contributed by atoms with Crippen molar-refractivity contribution in [3.63, 3.8) is 0 Å². The molecule has 1 aromatic rings. The third kappa shape index (κ3) is 2.47. The fourth-order valence-electron chi connectivity index (χ4n) is 2.21. The second-order valence-corrected chi connectivity index (χ2v) is 5.64. The second kappa shape index (κ2) is 4.83. The molecule has 1 aliphatic heterocycles. The van der Waals surface area contributed by atoms with Gasteiger partial charge in [-0.1, -0.05) is 0 Å². The third-order valence-electron chi connectivity index (χ3n) is 3.06. The minimum absolute atomic E-state index is 0.301. The fraction of sp³-hybridized carbons (Fsp3) is 0.636. The Morgan fingerprint density at radius 3 is 3.06 bits per heavy atom. The Morgan fingerprint density at radius 1 is 1.78 bits per heavy atom. The first-order chi connectivity index (χ1) is 8.42.